The number of hydrogen-bond donors (Lipinski definition) is 1. The highest BCUT2D eigenvalue weighted by molar-refractivity contribution is 6.07. The topological polar surface area (TPSA) is 49.6 Å². The van der Waals surface area contributed by atoms with E-state index in [2.05, 4.69) is 0 Å². The monoisotopic (exact) mass is 283 g/mol. The van der Waals surface area contributed by atoms with E-state index in [0.717, 1.165) is 16.9 Å². The third-order valence-electron chi connectivity index (χ3n) is 3.54. The van der Waals surface area contributed by atoms with Crippen LogP contribution < -0.4 is 15.5 Å². The Balaban J connectivity index is 2.32. The lowest BCUT2D eigenvalue weighted by Crippen LogP contribution is -2.27. The number of carbonyl (C=O) groups excluding carboxylic acids is 1. The number of nitrogens with zero attached hydrogens (tertiary/aromatic N) is 2. The zero-order valence-corrected chi connectivity index (χ0v) is 12.9. The molecule has 0 unspecified atom stereocenters. The van der Waals surface area contributed by atoms with Gasteiger partial charge in [0.1, 0.15) is 0 Å². The zero-order valence-electron chi connectivity index (χ0n) is 12.9. The van der Waals surface area contributed by atoms with Crippen LogP contribution in [0.3, 0.4) is 0 Å². The highest BCUT2D eigenvalue weighted by Gasteiger charge is 2.16. The number of hydrogen-bond acceptors (Lipinski definition) is 3. The van der Waals surface area contributed by atoms with Gasteiger partial charge in [0.25, 0.3) is 5.91 Å². The summed E-state index contributed by atoms with van der Waals surface area (Å²) in [4.78, 5) is 16.2. The first-order valence-electron chi connectivity index (χ1n) is 6.82. The molecule has 0 aliphatic carbocycles. The van der Waals surface area contributed by atoms with Crippen LogP contribution in [0.25, 0.3) is 0 Å². The van der Waals surface area contributed by atoms with Gasteiger partial charge < -0.3 is 15.5 Å². The molecule has 4 nitrogen and oxygen atoms in total. The van der Waals surface area contributed by atoms with Crippen molar-refractivity contribution < 1.29 is 4.79 Å². The SMILES string of the molecule is Cc1ccccc1N(C)C(=O)c1ccc(N(C)C)c(N)c1. The average molecular weight is 283 g/mol. The van der Waals surface area contributed by atoms with E-state index in [9.17, 15) is 4.79 Å². The molecule has 0 radical (unpaired) electrons. The number of aryl methyl sites for hydroxylation is 1. The molecule has 21 heavy (non-hydrogen) atoms. The third kappa shape index (κ3) is 2.99. The van der Waals surface area contributed by atoms with Crippen LogP contribution in [0.4, 0.5) is 17.1 Å². The van der Waals surface area contributed by atoms with Crippen molar-refractivity contribution in [2.24, 2.45) is 0 Å². The molecule has 0 aliphatic rings. The van der Waals surface area contributed by atoms with Crippen molar-refractivity contribution in [1.29, 1.82) is 0 Å². The summed E-state index contributed by atoms with van der Waals surface area (Å²) >= 11 is 0. The average Bonchev–Trinajstić information content (AvgIpc) is 2.45. The Morgan fingerprint density at radius 3 is 2.24 bits per heavy atom. The molecule has 0 fully saturated rings. The van der Waals surface area contributed by atoms with Gasteiger partial charge in [-0.05, 0) is 36.8 Å². The molecule has 2 N–H and O–H groups in total. The van der Waals surface area contributed by atoms with Crippen LogP contribution in [0.2, 0.25) is 0 Å². The summed E-state index contributed by atoms with van der Waals surface area (Å²) in [7, 11) is 5.62. The molecule has 0 heterocycles. The largest absolute Gasteiger partial charge is 0.397 e. The van der Waals surface area contributed by atoms with E-state index in [1.54, 1.807) is 18.0 Å². The van der Waals surface area contributed by atoms with E-state index >= 15 is 0 Å². The van der Waals surface area contributed by atoms with E-state index in [-0.39, 0.29) is 5.91 Å². The first-order chi connectivity index (χ1) is 9.91. The van der Waals surface area contributed by atoms with Crippen molar-refractivity contribution in [1.82, 2.24) is 0 Å². The Hall–Kier alpha value is -2.49. The van der Waals surface area contributed by atoms with Crippen LogP contribution >= 0.6 is 0 Å². The Labute approximate surface area is 125 Å². The summed E-state index contributed by atoms with van der Waals surface area (Å²) in [6, 6.07) is 13.2. The molecule has 0 saturated heterocycles. The molecular weight excluding hydrogens is 262 g/mol. The normalized spacial score (nSPS) is 10.3. The van der Waals surface area contributed by atoms with Crippen molar-refractivity contribution in [3.8, 4) is 0 Å². The fraction of sp³-hybridized carbons (Fsp3) is 0.235. The lowest BCUT2D eigenvalue weighted by Gasteiger charge is -2.21. The number of nitrogens with two attached hydrogens (primary N) is 1. The summed E-state index contributed by atoms with van der Waals surface area (Å²) in [5.41, 5.74) is 10.1. The minimum absolute atomic E-state index is 0.0682. The molecule has 2 rings (SSSR count). The van der Waals surface area contributed by atoms with Gasteiger partial charge >= 0.3 is 0 Å². The molecule has 1 amide bonds. The van der Waals surface area contributed by atoms with Crippen LogP contribution in [0, 0.1) is 6.92 Å². The van der Waals surface area contributed by atoms with Crippen LogP contribution in [0.1, 0.15) is 15.9 Å². The molecule has 0 spiro atoms. The Morgan fingerprint density at radius 2 is 1.67 bits per heavy atom. The fourth-order valence-corrected chi connectivity index (χ4v) is 2.34. The van der Waals surface area contributed by atoms with Gasteiger partial charge in [-0.15, -0.1) is 0 Å². The predicted molar refractivity (Wildman–Crippen MR) is 89.1 cm³/mol. The summed E-state index contributed by atoms with van der Waals surface area (Å²) in [5.74, 6) is -0.0682. The van der Waals surface area contributed by atoms with Crippen LogP contribution in [0.5, 0.6) is 0 Å². The van der Waals surface area contributed by atoms with Gasteiger partial charge in [-0.3, -0.25) is 4.79 Å². The summed E-state index contributed by atoms with van der Waals surface area (Å²) in [5, 5.41) is 0. The summed E-state index contributed by atoms with van der Waals surface area (Å²) < 4.78 is 0. The highest BCUT2D eigenvalue weighted by Crippen LogP contribution is 2.25. The molecule has 0 bridgehead atoms. The standard InChI is InChI=1S/C17H21N3O/c1-12-7-5-6-8-15(12)20(4)17(21)13-9-10-16(19(2)3)14(18)11-13/h5-11H,18H2,1-4H3. The molecule has 0 aromatic heterocycles. The van der Waals surface area contributed by atoms with Crippen LogP contribution in [-0.4, -0.2) is 27.1 Å². The van der Waals surface area contributed by atoms with Crippen molar-refractivity contribution in [2.75, 3.05) is 36.7 Å². The molecule has 2 aromatic rings. The van der Waals surface area contributed by atoms with Crippen molar-refractivity contribution >= 4 is 23.0 Å². The van der Waals surface area contributed by atoms with Crippen LogP contribution in [0.15, 0.2) is 42.5 Å². The maximum absolute atomic E-state index is 12.6. The lowest BCUT2D eigenvalue weighted by molar-refractivity contribution is 0.0993. The summed E-state index contributed by atoms with van der Waals surface area (Å²) in [6.07, 6.45) is 0. The number of amides is 1. The molecule has 4 heteroatoms. The first kappa shape index (κ1) is 14.9. The molecule has 0 aliphatic heterocycles. The molecule has 110 valence electrons. The predicted octanol–water partition coefficient (Wildman–Crippen LogP) is 2.92. The Morgan fingerprint density at radius 1 is 1.00 bits per heavy atom. The van der Waals surface area contributed by atoms with Gasteiger partial charge in [0, 0.05) is 32.4 Å². The lowest BCUT2D eigenvalue weighted by atomic mass is 10.1. The van der Waals surface area contributed by atoms with Gasteiger partial charge in [-0.2, -0.15) is 0 Å². The number of anilines is 3. The third-order valence-corrected chi connectivity index (χ3v) is 3.54. The van der Waals surface area contributed by atoms with E-state index < -0.39 is 0 Å². The van der Waals surface area contributed by atoms with Gasteiger partial charge in [0.15, 0.2) is 0 Å². The Bertz CT molecular complexity index is 665. The maximum atomic E-state index is 12.6. The van der Waals surface area contributed by atoms with Gasteiger partial charge in [-0.1, -0.05) is 18.2 Å². The van der Waals surface area contributed by atoms with E-state index in [0.29, 0.717) is 11.3 Å². The van der Waals surface area contributed by atoms with Gasteiger partial charge in [0.2, 0.25) is 0 Å². The van der Waals surface area contributed by atoms with Gasteiger partial charge in [0.05, 0.1) is 11.4 Å². The number of nitrogen functional groups attached to an aromatic ring is 1. The molecule has 2 aromatic carbocycles. The van der Waals surface area contributed by atoms with E-state index in [4.69, 9.17) is 5.73 Å². The quantitative estimate of drug-likeness (QED) is 0.881. The van der Waals surface area contributed by atoms with Crippen molar-refractivity contribution in [3.05, 3.63) is 53.6 Å². The van der Waals surface area contributed by atoms with Gasteiger partial charge in [-0.25, -0.2) is 0 Å². The second kappa shape index (κ2) is 5.87. The number of rotatable bonds is 3. The summed E-state index contributed by atoms with van der Waals surface area (Å²) in [6.45, 7) is 1.99. The Kier molecular flexibility index (Phi) is 4.17. The van der Waals surface area contributed by atoms with Crippen molar-refractivity contribution in [2.45, 2.75) is 6.92 Å². The van der Waals surface area contributed by atoms with Crippen molar-refractivity contribution in [3.63, 3.8) is 0 Å². The molecule has 0 saturated carbocycles. The maximum Gasteiger partial charge on any atom is 0.258 e. The smallest absolute Gasteiger partial charge is 0.258 e. The van der Waals surface area contributed by atoms with E-state index in [1.807, 2.05) is 62.3 Å². The highest BCUT2D eigenvalue weighted by atomic mass is 16.2. The van der Waals surface area contributed by atoms with E-state index in [1.165, 1.54) is 0 Å². The minimum Gasteiger partial charge on any atom is -0.397 e. The fourth-order valence-electron chi connectivity index (χ4n) is 2.34. The minimum atomic E-state index is -0.0682. The number of benzene rings is 2. The molecule has 0 atom stereocenters. The molecular formula is C17H21N3O. The second-order valence-electron chi connectivity index (χ2n) is 5.32. The second-order valence-corrected chi connectivity index (χ2v) is 5.32. The zero-order chi connectivity index (χ0) is 15.6. The first-order valence-corrected chi connectivity index (χ1v) is 6.82. The van der Waals surface area contributed by atoms with Crippen LogP contribution in [-0.2, 0) is 0 Å². The number of para-hydroxylation sites is 1. The number of carbonyl (C=O) groups is 1.